The zero-order valence-electron chi connectivity index (χ0n) is 19.7. The van der Waals surface area contributed by atoms with Crippen LogP contribution < -0.4 is 15.5 Å². The summed E-state index contributed by atoms with van der Waals surface area (Å²) in [4.78, 5) is 27.1. The van der Waals surface area contributed by atoms with Crippen molar-refractivity contribution >= 4 is 28.7 Å². The van der Waals surface area contributed by atoms with Crippen LogP contribution in [0.1, 0.15) is 35.2 Å². The third-order valence-electron chi connectivity index (χ3n) is 6.18. The predicted molar refractivity (Wildman–Crippen MR) is 136 cm³/mol. The molecule has 182 valence electrons. The topological polar surface area (TPSA) is 90.9 Å². The minimum Gasteiger partial charge on any atom is -0.488 e. The summed E-state index contributed by atoms with van der Waals surface area (Å²) in [6.07, 6.45) is 5.17. The molecule has 7 nitrogen and oxygen atoms in total. The van der Waals surface area contributed by atoms with Gasteiger partial charge in [-0.25, -0.2) is 5.48 Å². The van der Waals surface area contributed by atoms with E-state index in [0.29, 0.717) is 23.4 Å². The van der Waals surface area contributed by atoms with Crippen LogP contribution in [0.5, 0.6) is 5.75 Å². The number of amides is 2. The summed E-state index contributed by atoms with van der Waals surface area (Å²) < 4.78 is 6.11. The zero-order valence-corrected chi connectivity index (χ0v) is 19.7. The lowest BCUT2D eigenvalue weighted by Gasteiger charge is -2.15. The number of carbonyl (C=O) groups is 2. The number of hydrogen-bond acceptors (Lipinski definition) is 5. The van der Waals surface area contributed by atoms with Gasteiger partial charge in [-0.05, 0) is 74.1 Å². The molecule has 1 saturated heterocycles. The van der Waals surface area contributed by atoms with E-state index in [1.54, 1.807) is 35.8 Å². The average molecular weight is 474 g/mol. The van der Waals surface area contributed by atoms with E-state index in [9.17, 15) is 9.59 Å². The maximum Gasteiger partial charge on any atom is 0.274 e. The van der Waals surface area contributed by atoms with Crippen LogP contribution in [0.15, 0.2) is 72.3 Å². The van der Waals surface area contributed by atoms with Crippen LogP contribution in [0.4, 0.5) is 0 Å². The van der Waals surface area contributed by atoms with Crippen molar-refractivity contribution in [3.8, 4) is 5.75 Å². The van der Waals surface area contributed by atoms with E-state index < -0.39 is 5.91 Å². The highest BCUT2D eigenvalue weighted by Gasteiger charge is 2.14. The number of ether oxygens (including phenoxy) is 1. The van der Waals surface area contributed by atoms with Crippen LogP contribution in [0, 0.1) is 0 Å². The molecule has 0 aromatic heterocycles. The van der Waals surface area contributed by atoms with Crippen LogP contribution in [0.25, 0.3) is 16.8 Å². The van der Waals surface area contributed by atoms with E-state index in [-0.39, 0.29) is 12.5 Å². The van der Waals surface area contributed by atoms with Crippen molar-refractivity contribution in [2.45, 2.75) is 19.3 Å². The molecule has 0 bridgehead atoms. The highest BCUT2D eigenvalue weighted by atomic mass is 16.5. The number of hydrogen-bond donors (Lipinski definition) is 3. The average Bonchev–Trinajstić information content (AvgIpc) is 3.42. The van der Waals surface area contributed by atoms with Gasteiger partial charge in [-0.2, -0.15) is 0 Å². The highest BCUT2D eigenvalue weighted by Crippen LogP contribution is 2.25. The van der Waals surface area contributed by atoms with Gasteiger partial charge in [-0.1, -0.05) is 48.5 Å². The Balaban J connectivity index is 1.47. The number of rotatable bonds is 10. The number of nitrogens with one attached hydrogen (secondary N) is 2. The van der Waals surface area contributed by atoms with Crippen LogP contribution in [0.3, 0.4) is 0 Å². The summed E-state index contributed by atoms with van der Waals surface area (Å²) in [7, 11) is 0. The lowest BCUT2D eigenvalue weighted by atomic mass is 10.1. The summed E-state index contributed by atoms with van der Waals surface area (Å²) >= 11 is 0. The second kappa shape index (κ2) is 12.1. The number of fused-ring (bicyclic) bond motifs is 1. The van der Waals surface area contributed by atoms with Gasteiger partial charge in [0.15, 0.2) is 0 Å². The summed E-state index contributed by atoms with van der Waals surface area (Å²) in [5.74, 6) is -0.0505. The first kappa shape index (κ1) is 24.4. The third-order valence-corrected chi connectivity index (χ3v) is 6.18. The summed E-state index contributed by atoms with van der Waals surface area (Å²) in [5, 5.41) is 13.9. The number of nitrogens with zero attached hydrogens (tertiary/aromatic N) is 1. The van der Waals surface area contributed by atoms with Crippen molar-refractivity contribution in [2.75, 3.05) is 32.8 Å². The zero-order chi connectivity index (χ0) is 24.5. The molecule has 3 aromatic rings. The predicted octanol–water partition coefficient (Wildman–Crippen LogP) is 4.02. The van der Waals surface area contributed by atoms with Crippen LogP contribution in [-0.4, -0.2) is 54.7 Å². The first-order valence-electron chi connectivity index (χ1n) is 12.0. The van der Waals surface area contributed by atoms with Crippen molar-refractivity contribution < 1.29 is 19.5 Å². The van der Waals surface area contributed by atoms with E-state index in [2.05, 4.69) is 10.2 Å². The van der Waals surface area contributed by atoms with E-state index >= 15 is 0 Å². The molecule has 0 atom stereocenters. The fourth-order valence-corrected chi connectivity index (χ4v) is 4.27. The molecule has 0 radical (unpaired) electrons. The van der Waals surface area contributed by atoms with Gasteiger partial charge in [-0.3, -0.25) is 14.8 Å². The quantitative estimate of drug-likeness (QED) is 0.179. The van der Waals surface area contributed by atoms with Crippen LogP contribution in [0.2, 0.25) is 0 Å². The van der Waals surface area contributed by atoms with E-state index in [0.717, 1.165) is 42.4 Å². The largest absolute Gasteiger partial charge is 0.488 e. The van der Waals surface area contributed by atoms with Gasteiger partial charge in [0.25, 0.3) is 11.8 Å². The molecule has 35 heavy (non-hydrogen) atoms. The molecular formula is C28H31N3O4. The molecule has 0 aliphatic carbocycles. The Morgan fingerprint density at radius 1 is 0.971 bits per heavy atom. The molecule has 0 unspecified atom stereocenters. The fourth-order valence-electron chi connectivity index (χ4n) is 4.27. The minimum absolute atomic E-state index is 0.102. The number of benzene rings is 3. The highest BCUT2D eigenvalue weighted by molar-refractivity contribution is 5.98. The van der Waals surface area contributed by atoms with Crippen molar-refractivity contribution in [3.63, 3.8) is 0 Å². The molecule has 1 aliphatic heterocycles. The molecule has 2 amide bonds. The van der Waals surface area contributed by atoms with Gasteiger partial charge < -0.3 is 15.0 Å². The smallest absolute Gasteiger partial charge is 0.274 e. The summed E-state index contributed by atoms with van der Waals surface area (Å²) in [6.45, 7) is 3.96. The first-order chi connectivity index (χ1) is 17.1. The first-order valence-corrected chi connectivity index (χ1v) is 12.0. The van der Waals surface area contributed by atoms with Crippen molar-refractivity contribution in [3.05, 3.63) is 83.4 Å². The molecule has 1 fully saturated rings. The van der Waals surface area contributed by atoms with E-state index in [1.165, 1.54) is 12.8 Å². The van der Waals surface area contributed by atoms with Gasteiger partial charge in [-0.15, -0.1) is 0 Å². The monoisotopic (exact) mass is 473 g/mol. The second-order valence-corrected chi connectivity index (χ2v) is 8.66. The van der Waals surface area contributed by atoms with E-state index in [4.69, 9.17) is 9.94 Å². The van der Waals surface area contributed by atoms with E-state index in [1.807, 2.05) is 42.5 Å². The SMILES string of the molecule is O=C(NCCCN1CCCC1)/C(=C/c1ccc(C(=O)NO)cc1)COc1cccc2ccccc12. The van der Waals surface area contributed by atoms with Gasteiger partial charge in [0.1, 0.15) is 12.4 Å². The molecule has 7 heteroatoms. The normalized spacial score (nSPS) is 14.1. The Morgan fingerprint density at radius 3 is 2.49 bits per heavy atom. The number of hydroxylamine groups is 1. The molecule has 1 heterocycles. The van der Waals surface area contributed by atoms with Crippen LogP contribution >= 0.6 is 0 Å². The molecule has 0 spiro atoms. The third kappa shape index (κ3) is 6.68. The molecule has 0 saturated carbocycles. The maximum atomic E-state index is 13.1. The number of carbonyl (C=O) groups excluding carboxylic acids is 2. The Bertz CT molecular complexity index is 1180. The lowest BCUT2D eigenvalue weighted by Crippen LogP contribution is -2.31. The molecule has 1 aliphatic rings. The molecule has 3 N–H and O–H groups in total. The standard InChI is InChI=1S/C28H31N3O4/c32-27(29-15-6-18-31-16-3-4-17-31)24(19-21-11-13-23(14-12-21)28(33)30-34)20-35-26-10-5-8-22-7-1-2-9-25(22)26/h1-2,5,7-14,19,34H,3-4,6,15-18,20H2,(H,29,32)(H,30,33)/b24-19+. The second-order valence-electron chi connectivity index (χ2n) is 8.66. The Labute approximate surface area is 205 Å². The van der Waals surface area contributed by atoms with Gasteiger partial charge >= 0.3 is 0 Å². The van der Waals surface area contributed by atoms with Crippen molar-refractivity contribution in [1.82, 2.24) is 15.7 Å². The Morgan fingerprint density at radius 2 is 1.71 bits per heavy atom. The molecule has 3 aromatic carbocycles. The van der Waals surface area contributed by atoms with Gasteiger partial charge in [0.05, 0.1) is 5.57 Å². The van der Waals surface area contributed by atoms with Gasteiger partial charge in [0.2, 0.25) is 0 Å². The van der Waals surface area contributed by atoms with Crippen molar-refractivity contribution in [1.29, 1.82) is 0 Å². The summed E-state index contributed by atoms with van der Waals surface area (Å²) in [5.41, 5.74) is 3.18. The maximum absolute atomic E-state index is 13.1. The van der Waals surface area contributed by atoms with Crippen molar-refractivity contribution in [2.24, 2.45) is 0 Å². The summed E-state index contributed by atoms with van der Waals surface area (Å²) in [6, 6.07) is 20.5. The fraction of sp³-hybridized carbons (Fsp3) is 0.286. The molecular weight excluding hydrogens is 442 g/mol. The Kier molecular flexibility index (Phi) is 8.48. The Hall–Kier alpha value is -3.68. The lowest BCUT2D eigenvalue weighted by molar-refractivity contribution is -0.117. The van der Waals surface area contributed by atoms with Gasteiger partial charge in [0, 0.05) is 17.5 Å². The molecule has 4 rings (SSSR count). The minimum atomic E-state index is -0.587. The number of likely N-dealkylation sites (tertiary alicyclic amines) is 1. The van der Waals surface area contributed by atoms with Crippen LogP contribution in [-0.2, 0) is 4.79 Å².